The number of aromatic nitrogens is 1. The molecule has 3 heterocycles. The lowest BCUT2D eigenvalue weighted by molar-refractivity contribution is -0.143. The maximum Gasteiger partial charge on any atom is 0.251 e. The van der Waals surface area contributed by atoms with Crippen LogP contribution in [0.5, 0.6) is 0 Å². The summed E-state index contributed by atoms with van der Waals surface area (Å²) in [5, 5.41) is 6.45. The van der Waals surface area contributed by atoms with Crippen LogP contribution in [0.1, 0.15) is 31.4 Å². The molecule has 22 heavy (non-hydrogen) atoms. The fourth-order valence-electron chi connectivity index (χ4n) is 2.99. The first kappa shape index (κ1) is 15.0. The Morgan fingerprint density at radius 2 is 2.14 bits per heavy atom. The molecule has 7 nitrogen and oxygen atoms in total. The lowest BCUT2D eigenvalue weighted by atomic mass is 9.95. The van der Waals surface area contributed by atoms with Crippen LogP contribution in [0.15, 0.2) is 16.8 Å². The highest BCUT2D eigenvalue weighted by molar-refractivity contribution is 5.82. The van der Waals surface area contributed by atoms with Crippen LogP contribution in [0, 0.1) is 5.92 Å². The highest BCUT2D eigenvalue weighted by Crippen LogP contribution is 2.21. The zero-order valence-corrected chi connectivity index (χ0v) is 12.5. The van der Waals surface area contributed by atoms with Gasteiger partial charge >= 0.3 is 0 Å². The SMILES string of the molecule is O=C(NCc1ccno1)C1CCN(C(=O)[C@@H]2CCCO2)CC1. The molecule has 2 aliphatic rings. The third kappa shape index (κ3) is 3.47. The molecule has 120 valence electrons. The molecular formula is C15H21N3O4. The van der Waals surface area contributed by atoms with Crippen molar-refractivity contribution in [3.63, 3.8) is 0 Å². The van der Waals surface area contributed by atoms with E-state index < -0.39 is 0 Å². The topological polar surface area (TPSA) is 84.7 Å². The Hall–Kier alpha value is -1.89. The molecule has 3 rings (SSSR count). The smallest absolute Gasteiger partial charge is 0.251 e. The zero-order chi connectivity index (χ0) is 15.4. The van der Waals surface area contributed by atoms with E-state index >= 15 is 0 Å². The van der Waals surface area contributed by atoms with Gasteiger partial charge in [-0.25, -0.2) is 0 Å². The van der Waals surface area contributed by atoms with Crippen molar-refractivity contribution in [1.82, 2.24) is 15.4 Å². The minimum Gasteiger partial charge on any atom is -0.368 e. The van der Waals surface area contributed by atoms with Crippen molar-refractivity contribution in [3.05, 3.63) is 18.0 Å². The Morgan fingerprint density at radius 3 is 2.77 bits per heavy atom. The Morgan fingerprint density at radius 1 is 1.32 bits per heavy atom. The predicted molar refractivity (Wildman–Crippen MR) is 76.6 cm³/mol. The van der Waals surface area contributed by atoms with E-state index in [-0.39, 0.29) is 23.8 Å². The van der Waals surface area contributed by atoms with E-state index in [2.05, 4.69) is 10.5 Å². The van der Waals surface area contributed by atoms with Gasteiger partial charge < -0.3 is 19.5 Å². The fourth-order valence-corrected chi connectivity index (χ4v) is 2.99. The van der Waals surface area contributed by atoms with Crippen LogP contribution >= 0.6 is 0 Å². The average molecular weight is 307 g/mol. The molecule has 1 aromatic rings. The molecule has 1 N–H and O–H groups in total. The summed E-state index contributed by atoms with van der Waals surface area (Å²) in [6, 6.07) is 1.73. The van der Waals surface area contributed by atoms with Gasteiger partial charge in [0.25, 0.3) is 5.91 Å². The quantitative estimate of drug-likeness (QED) is 0.885. The maximum absolute atomic E-state index is 12.2. The predicted octanol–water partition coefficient (Wildman–Crippen LogP) is 0.708. The van der Waals surface area contributed by atoms with Crippen molar-refractivity contribution in [1.29, 1.82) is 0 Å². The number of hydrogen-bond acceptors (Lipinski definition) is 5. The monoisotopic (exact) mass is 307 g/mol. The van der Waals surface area contributed by atoms with Gasteiger partial charge in [-0.05, 0) is 25.7 Å². The summed E-state index contributed by atoms with van der Waals surface area (Å²) in [6.07, 6.45) is 4.45. The number of piperidine rings is 1. The second kappa shape index (κ2) is 6.91. The summed E-state index contributed by atoms with van der Waals surface area (Å²) < 4.78 is 10.4. The van der Waals surface area contributed by atoms with Crippen LogP contribution in [0.4, 0.5) is 0 Å². The second-order valence-electron chi connectivity index (χ2n) is 5.80. The number of likely N-dealkylation sites (tertiary alicyclic amines) is 1. The maximum atomic E-state index is 12.2. The van der Waals surface area contributed by atoms with E-state index in [4.69, 9.17) is 9.26 Å². The van der Waals surface area contributed by atoms with Crippen LogP contribution in [0.2, 0.25) is 0 Å². The molecule has 0 radical (unpaired) electrons. The molecule has 0 bridgehead atoms. The summed E-state index contributed by atoms with van der Waals surface area (Å²) in [6.45, 7) is 2.28. The van der Waals surface area contributed by atoms with Crippen molar-refractivity contribution < 1.29 is 18.8 Å². The van der Waals surface area contributed by atoms with Gasteiger partial charge in [0.1, 0.15) is 6.10 Å². The normalized spacial score (nSPS) is 22.7. The number of carbonyl (C=O) groups excluding carboxylic acids is 2. The van der Waals surface area contributed by atoms with Crippen molar-refractivity contribution in [2.75, 3.05) is 19.7 Å². The molecule has 0 aliphatic carbocycles. The van der Waals surface area contributed by atoms with Gasteiger partial charge in [-0.1, -0.05) is 5.16 Å². The first-order valence-electron chi connectivity index (χ1n) is 7.81. The van der Waals surface area contributed by atoms with Gasteiger partial charge in [-0.2, -0.15) is 0 Å². The summed E-state index contributed by atoms with van der Waals surface area (Å²) in [7, 11) is 0. The number of nitrogens with zero attached hydrogens (tertiary/aromatic N) is 2. The summed E-state index contributed by atoms with van der Waals surface area (Å²) >= 11 is 0. The Labute approximate surface area is 129 Å². The van der Waals surface area contributed by atoms with E-state index in [1.165, 1.54) is 0 Å². The molecule has 0 unspecified atom stereocenters. The Bertz CT molecular complexity index is 503. The highest BCUT2D eigenvalue weighted by atomic mass is 16.5. The number of nitrogens with one attached hydrogen (secondary N) is 1. The van der Waals surface area contributed by atoms with E-state index in [1.54, 1.807) is 12.3 Å². The van der Waals surface area contributed by atoms with Crippen molar-refractivity contribution in [2.45, 2.75) is 38.3 Å². The van der Waals surface area contributed by atoms with Crippen molar-refractivity contribution in [2.24, 2.45) is 5.92 Å². The Balaban J connectivity index is 1.42. The van der Waals surface area contributed by atoms with E-state index in [0.29, 0.717) is 44.8 Å². The fraction of sp³-hybridized carbons (Fsp3) is 0.667. The van der Waals surface area contributed by atoms with Gasteiger partial charge in [0.2, 0.25) is 5.91 Å². The minimum absolute atomic E-state index is 0.0145. The molecule has 2 aliphatic heterocycles. The summed E-state index contributed by atoms with van der Waals surface area (Å²) in [5.74, 6) is 0.689. The standard InChI is InChI=1S/C15H21N3O4/c19-14(16-10-12-3-6-17-22-12)11-4-7-18(8-5-11)15(20)13-2-1-9-21-13/h3,6,11,13H,1-2,4-5,7-10H2,(H,16,19)/t13-/m0/s1. The lowest BCUT2D eigenvalue weighted by Gasteiger charge is -2.32. The van der Waals surface area contributed by atoms with Crippen molar-refractivity contribution >= 4 is 11.8 Å². The first-order chi connectivity index (χ1) is 10.7. The lowest BCUT2D eigenvalue weighted by Crippen LogP contribution is -2.46. The van der Waals surface area contributed by atoms with Crippen LogP contribution in [0.25, 0.3) is 0 Å². The third-order valence-corrected chi connectivity index (χ3v) is 4.31. The van der Waals surface area contributed by atoms with Crippen LogP contribution < -0.4 is 5.32 Å². The molecular weight excluding hydrogens is 286 g/mol. The highest BCUT2D eigenvalue weighted by Gasteiger charge is 2.32. The third-order valence-electron chi connectivity index (χ3n) is 4.31. The number of amides is 2. The molecule has 1 atom stereocenters. The Kier molecular flexibility index (Phi) is 4.72. The average Bonchev–Trinajstić information content (AvgIpc) is 3.25. The number of hydrogen-bond donors (Lipinski definition) is 1. The summed E-state index contributed by atoms with van der Waals surface area (Å²) in [5.41, 5.74) is 0. The minimum atomic E-state index is -0.267. The molecule has 2 saturated heterocycles. The molecule has 2 amide bonds. The van der Waals surface area contributed by atoms with Crippen LogP contribution in [-0.2, 0) is 20.9 Å². The van der Waals surface area contributed by atoms with E-state index in [1.807, 2.05) is 4.90 Å². The zero-order valence-electron chi connectivity index (χ0n) is 12.5. The van der Waals surface area contributed by atoms with E-state index in [0.717, 1.165) is 12.8 Å². The molecule has 0 spiro atoms. The van der Waals surface area contributed by atoms with Gasteiger partial charge in [-0.15, -0.1) is 0 Å². The summed E-state index contributed by atoms with van der Waals surface area (Å²) in [4.78, 5) is 26.2. The molecule has 1 aromatic heterocycles. The second-order valence-corrected chi connectivity index (χ2v) is 5.80. The number of rotatable bonds is 4. The number of ether oxygens (including phenoxy) is 1. The molecule has 0 saturated carbocycles. The molecule has 7 heteroatoms. The van der Waals surface area contributed by atoms with Crippen molar-refractivity contribution in [3.8, 4) is 0 Å². The van der Waals surface area contributed by atoms with E-state index in [9.17, 15) is 9.59 Å². The van der Waals surface area contributed by atoms with Gasteiger partial charge in [-0.3, -0.25) is 9.59 Å². The molecule has 0 aromatic carbocycles. The first-order valence-corrected chi connectivity index (χ1v) is 7.81. The van der Waals surface area contributed by atoms with Gasteiger partial charge in [0.15, 0.2) is 5.76 Å². The molecule has 2 fully saturated rings. The van der Waals surface area contributed by atoms with Crippen LogP contribution in [-0.4, -0.2) is 47.7 Å². The van der Waals surface area contributed by atoms with Crippen LogP contribution in [0.3, 0.4) is 0 Å². The largest absolute Gasteiger partial charge is 0.368 e. The number of carbonyl (C=O) groups is 2. The van der Waals surface area contributed by atoms with Gasteiger partial charge in [0, 0.05) is 31.7 Å². The van der Waals surface area contributed by atoms with Gasteiger partial charge in [0.05, 0.1) is 12.7 Å².